The molecule has 248 valence electrons. The molecule has 0 aromatic heterocycles. The molecule has 0 saturated carbocycles. The number of anilines is 1. The predicted molar refractivity (Wildman–Crippen MR) is 168 cm³/mol. The van der Waals surface area contributed by atoms with Crippen LogP contribution in [0.3, 0.4) is 0 Å². The summed E-state index contributed by atoms with van der Waals surface area (Å²) < 4.78 is 5.79. The van der Waals surface area contributed by atoms with Gasteiger partial charge in [-0.15, -0.1) is 0 Å². The van der Waals surface area contributed by atoms with Gasteiger partial charge in [-0.1, -0.05) is 50.6 Å². The second-order valence-electron chi connectivity index (χ2n) is 10.3. The molecule has 1 unspecified atom stereocenters. The zero-order valence-corrected chi connectivity index (χ0v) is 26.1. The van der Waals surface area contributed by atoms with Crippen LogP contribution in [-0.4, -0.2) is 112 Å². The van der Waals surface area contributed by atoms with Crippen LogP contribution in [0.2, 0.25) is 0 Å². The molecule has 45 heavy (non-hydrogen) atoms. The quantitative estimate of drug-likeness (QED) is 0.198. The van der Waals surface area contributed by atoms with Gasteiger partial charge < -0.3 is 35.0 Å². The average Bonchev–Trinajstić information content (AvgIpc) is 3.02. The molecule has 0 bridgehead atoms. The van der Waals surface area contributed by atoms with Gasteiger partial charge in [-0.2, -0.15) is 0 Å². The molecule has 0 spiro atoms. The molecule has 2 aromatic rings. The number of hydrogen-bond donors (Lipinski definition) is 4. The molecule has 1 fully saturated rings. The van der Waals surface area contributed by atoms with E-state index in [9.17, 15) is 4.79 Å². The van der Waals surface area contributed by atoms with E-state index in [4.69, 9.17) is 44.3 Å². The number of unbranched alkanes of at least 4 members (excludes halogenated alkanes) is 1. The Labute approximate surface area is 263 Å². The molecule has 0 aliphatic carbocycles. The molecule has 1 saturated heterocycles. The van der Waals surface area contributed by atoms with Crippen molar-refractivity contribution in [3.63, 3.8) is 0 Å². The van der Waals surface area contributed by atoms with Crippen molar-refractivity contribution >= 4 is 35.5 Å². The Morgan fingerprint density at radius 2 is 1.29 bits per heavy atom. The van der Waals surface area contributed by atoms with Crippen LogP contribution in [0.15, 0.2) is 54.6 Å². The number of hydrogen-bond acceptors (Lipinski definition) is 8. The first-order valence-electron chi connectivity index (χ1n) is 14.8. The summed E-state index contributed by atoms with van der Waals surface area (Å²) in [4.78, 5) is 56.3. The van der Waals surface area contributed by atoms with Crippen LogP contribution in [0, 0.1) is 0 Å². The van der Waals surface area contributed by atoms with E-state index >= 15 is 0 Å². The zero-order chi connectivity index (χ0) is 33.8. The molecule has 13 nitrogen and oxygen atoms in total. The van der Waals surface area contributed by atoms with E-state index < -0.39 is 23.9 Å². The molecule has 1 aliphatic rings. The molecular formula is C32H45N3O10. The van der Waals surface area contributed by atoms with Crippen LogP contribution in [0.25, 0.3) is 0 Å². The van der Waals surface area contributed by atoms with Crippen molar-refractivity contribution in [2.75, 3.05) is 50.8 Å². The number of benzene rings is 2. The van der Waals surface area contributed by atoms with E-state index in [1.165, 1.54) is 5.56 Å². The lowest BCUT2D eigenvalue weighted by Crippen LogP contribution is -2.52. The second-order valence-corrected chi connectivity index (χ2v) is 10.3. The summed E-state index contributed by atoms with van der Waals surface area (Å²) in [6.45, 7) is 13.3. The molecular weight excluding hydrogens is 586 g/mol. The third kappa shape index (κ3) is 15.7. The largest absolute Gasteiger partial charge is 0.494 e. The summed E-state index contributed by atoms with van der Waals surface area (Å²) in [5, 5.41) is 29.6. The molecule has 1 aliphatic heterocycles. The van der Waals surface area contributed by atoms with E-state index in [1.54, 1.807) is 0 Å². The minimum Gasteiger partial charge on any atom is -0.494 e. The Bertz CT molecular complexity index is 1150. The number of amides is 1. The number of piperazine rings is 1. The van der Waals surface area contributed by atoms with Crippen LogP contribution in [0.4, 0.5) is 5.69 Å². The summed E-state index contributed by atoms with van der Waals surface area (Å²) in [7, 11) is 0. The van der Waals surface area contributed by atoms with Gasteiger partial charge in [0.05, 0.1) is 6.61 Å². The summed E-state index contributed by atoms with van der Waals surface area (Å²) in [5.74, 6) is -6.26. The molecule has 4 N–H and O–H groups in total. The topological polar surface area (TPSA) is 185 Å². The number of carboxylic acids is 4. The van der Waals surface area contributed by atoms with Crippen LogP contribution >= 0.6 is 0 Å². The van der Waals surface area contributed by atoms with Crippen LogP contribution < -0.4 is 9.64 Å². The summed E-state index contributed by atoms with van der Waals surface area (Å²) in [5.41, 5.74) is 2.36. The monoisotopic (exact) mass is 631 g/mol. The van der Waals surface area contributed by atoms with E-state index in [0.717, 1.165) is 76.6 Å². The molecule has 13 heteroatoms. The Balaban J connectivity index is 0.000000714. The van der Waals surface area contributed by atoms with Crippen molar-refractivity contribution in [2.24, 2.45) is 0 Å². The van der Waals surface area contributed by atoms with Gasteiger partial charge in [0.1, 0.15) is 5.75 Å². The number of carbonyl (C=O) groups excluding carboxylic acids is 1. The van der Waals surface area contributed by atoms with Gasteiger partial charge in [-0.25, -0.2) is 19.2 Å². The SMILES string of the molecule is CCCCOc1ccc(N(C(=O)CC)C(C)CN2CCN(CCc3ccccc3)CC2)cc1.O=C(O)C(=O)O.O=C(O)C(=O)O. The molecule has 1 heterocycles. The van der Waals surface area contributed by atoms with Gasteiger partial charge in [0.25, 0.3) is 0 Å². The molecule has 2 aromatic carbocycles. The van der Waals surface area contributed by atoms with Gasteiger partial charge in [0.15, 0.2) is 0 Å². The molecule has 0 radical (unpaired) electrons. The second kappa shape index (κ2) is 21.3. The van der Waals surface area contributed by atoms with E-state index in [1.807, 2.05) is 36.1 Å². The molecule has 3 rings (SSSR count). The lowest BCUT2D eigenvalue weighted by atomic mass is 10.1. The minimum atomic E-state index is -1.82. The highest BCUT2D eigenvalue weighted by molar-refractivity contribution is 6.27. The first kappa shape index (κ1) is 38.5. The Hall–Kier alpha value is -4.49. The van der Waals surface area contributed by atoms with E-state index in [0.29, 0.717) is 6.42 Å². The standard InChI is InChI=1S/C28H41N3O2.2C2H2O4/c1-4-6-22-33-27-14-12-26(13-15-27)31(28(32)5-2)24(3)23-30-20-18-29(19-21-30)17-16-25-10-8-7-9-11-25;2*3-1(4)2(5)6/h7-15,24H,4-6,16-23H2,1-3H3;2*(H,3,4)(H,5,6). The van der Waals surface area contributed by atoms with Gasteiger partial charge in [-0.05, 0) is 49.6 Å². The Kier molecular flexibility index (Phi) is 18.2. The van der Waals surface area contributed by atoms with Gasteiger partial charge in [-0.3, -0.25) is 9.69 Å². The van der Waals surface area contributed by atoms with Crippen molar-refractivity contribution in [3.05, 3.63) is 60.2 Å². The van der Waals surface area contributed by atoms with Crippen LogP contribution in [0.5, 0.6) is 5.75 Å². The first-order valence-corrected chi connectivity index (χ1v) is 14.8. The lowest BCUT2D eigenvalue weighted by Gasteiger charge is -2.38. The third-order valence-corrected chi connectivity index (χ3v) is 6.81. The number of ether oxygens (including phenoxy) is 1. The molecule has 1 amide bonds. The number of carbonyl (C=O) groups is 5. The fraction of sp³-hybridized carbons (Fsp3) is 0.469. The first-order chi connectivity index (χ1) is 21.4. The van der Waals surface area contributed by atoms with Crippen LogP contribution in [0.1, 0.15) is 45.6 Å². The highest BCUT2D eigenvalue weighted by Gasteiger charge is 2.25. The average molecular weight is 632 g/mol. The number of nitrogens with zero attached hydrogens (tertiary/aromatic N) is 3. The Morgan fingerprint density at radius 3 is 1.76 bits per heavy atom. The number of carboxylic acid groups (broad SMARTS) is 4. The summed E-state index contributed by atoms with van der Waals surface area (Å²) in [6.07, 6.45) is 3.79. The molecule has 1 atom stereocenters. The Morgan fingerprint density at radius 1 is 0.778 bits per heavy atom. The van der Waals surface area contributed by atoms with Crippen LogP contribution in [-0.2, 0) is 30.4 Å². The number of aliphatic carboxylic acids is 4. The predicted octanol–water partition coefficient (Wildman–Crippen LogP) is 3.17. The maximum Gasteiger partial charge on any atom is 0.414 e. The van der Waals surface area contributed by atoms with Gasteiger partial charge in [0.2, 0.25) is 5.91 Å². The summed E-state index contributed by atoms with van der Waals surface area (Å²) in [6, 6.07) is 18.9. The smallest absolute Gasteiger partial charge is 0.414 e. The highest BCUT2D eigenvalue weighted by Crippen LogP contribution is 2.23. The fourth-order valence-electron chi connectivity index (χ4n) is 4.43. The van der Waals surface area contributed by atoms with Gasteiger partial charge in [0, 0.05) is 57.4 Å². The van der Waals surface area contributed by atoms with Gasteiger partial charge >= 0.3 is 23.9 Å². The zero-order valence-electron chi connectivity index (χ0n) is 26.1. The lowest BCUT2D eigenvalue weighted by molar-refractivity contribution is -0.159. The highest BCUT2D eigenvalue weighted by atomic mass is 16.5. The fourth-order valence-corrected chi connectivity index (χ4v) is 4.43. The normalized spacial score (nSPS) is 13.6. The van der Waals surface area contributed by atoms with Crippen molar-refractivity contribution in [1.82, 2.24) is 9.80 Å². The maximum absolute atomic E-state index is 12.8. The van der Waals surface area contributed by atoms with Crippen molar-refractivity contribution in [3.8, 4) is 5.75 Å². The third-order valence-electron chi connectivity index (χ3n) is 6.81. The maximum atomic E-state index is 12.8. The van der Waals surface area contributed by atoms with Crippen molar-refractivity contribution < 1.29 is 49.1 Å². The minimum absolute atomic E-state index is 0.125. The van der Waals surface area contributed by atoms with Crippen molar-refractivity contribution in [2.45, 2.75) is 52.5 Å². The number of rotatable bonds is 12. The van der Waals surface area contributed by atoms with E-state index in [2.05, 4.69) is 54.0 Å². The van der Waals surface area contributed by atoms with E-state index in [-0.39, 0.29) is 11.9 Å². The summed E-state index contributed by atoms with van der Waals surface area (Å²) >= 11 is 0. The van der Waals surface area contributed by atoms with Crippen molar-refractivity contribution in [1.29, 1.82) is 0 Å².